The molecule has 0 spiro atoms. The van der Waals surface area contributed by atoms with E-state index in [2.05, 4.69) is 4.72 Å². The van der Waals surface area contributed by atoms with Crippen LogP contribution in [0.1, 0.15) is 6.92 Å². The predicted molar refractivity (Wildman–Crippen MR) is 57.7 cm³/mol. The first-order chi connectivity index (χ1) is 6.97. The van der Waals surface area contributed by atoms with Crippen LogP contribution in [0.4, 0.5) is 5.69 Å². The van der Waals surface area contributed by atoms with E-state index in [0.29, 0.717) is 0 Å². The largest absolute Gasteiger partial charge is 0.398 e. The van der Waals surface area contributed by atoms with Crippen LogP contribution >= 0.6 is 0 Å². The fourth-order valence-electron chi connectivity index (χ4n) is 1.09. The molecule has 6 heteroatoms. The first kappa shape index (κ1) is 12.0. The second-order valence-corrected chi connectivity index (χ2v) is 4.93. The quantitative estimate of drug-likeness (QED) is 0.631. The molecule has 15 heavy (non-hydrogen) atoms. The fourth-order valence-corrected chi connectivity index (χ4v) is 2.46. The van der Waals surface area contributed by atoms with Crippen molar-refractivity contribution in [2.75, 3.05) is 12.3 Å². The van der Waals surface area contributed by atoms with E-state index >= 15 is 0 Å². The van der Waals surface area contributed by atoms with Crippen molar-refractivity contribution in [3.05, 3.63) is 24.3 Å². The van der Waals surface area contributed by atoms with Gasteiger partial charge in [0.15, 0.2) is 0 Å². The Morgan fingerprint density at radius 3 is 2.60 bits per heavy atom. The summed E-state index contributed by atoms with van der Waals surface area (Å²) < 4.78 is 25.7. The summed E-state index contributed by atoms with van der Waals surface area (Å²) in [7, 11) is -3.64. The molecule has 0 bridgehead atoms. The van der Waals surface area contributed by atoms with Gasteiger partial charge in [-0.3, -0.25) is 0 Å². The Hall–Kier alpha value is -1.11. The molecule has 0 aliphatic heterocycles. The second kappa shape index (κ2) is 4.61. The smallest absolute Gasteiger partial charge is 0.242 e. The van der Waals surface area contributed by atoms with Crippen molar-refractivity contribution in [3.8, 4) is 0 Å². The number of aliphatic hydroxyl groups excluding tert-OH is 1. The summed E-state index contributed by atoms with van der Waals surface area (Å²) >= 11 is 0. The van der Waals surface area contributed by atoms with E-state index in [9.17, 15) is 8.42 Å². The fraction of sp³-hybridized carbons (Fsp3) is 0.333. The Balaban J connectivity index is 3.02. The molecule has 0 unspecified atom stereocenters. The number of aliphatic hydroxyl groups is 1. The molecule has 0 aliphatic carbocycles. The second-order valence-electron chi connectivity index (χ2n) is 3.24. The highest BCUT2D eigenvalue weighted by atomic mass is 32.2. The lowest BCUT2D eigenvalue weighted by Crippen LogP contribution is -2.35. The molecule has 0 saturated heterocycles. The number of rotatable bonds is 4. The van der Waals surface area contributed by atoms with Crippen molar-refractivity contribution in [2.45, 2.75) is 17.9 Å². The number of nitrogens with two attached hydrogens (primary N) is 1. The lowest BCUT2D eigenvalue weighted by atomic mass is 10.3. The highest BCUT2D eigenvalue weighted by molar-refractivity contribution is 7.89. The van der Waals surface area contributed by atoms with Crippen LogP contribution in [0.25, 0.3) is 0 Å². The van der Waals surface area contributed by atoms with Gasteiger partial charge in [0.25, 0.3) is 0 Å². The van der Waals surface area contributed by atoms with E-state index in [0.717, 1.165) is 0 Å². The van der Waals surface area contributed by atoms with Gasteiger partial charge in [-0.2, -0.15) is 0 Å². The standard InChI is InChI=1S/C9H14N2O3S/c1-7(6-12)11-15(13,14)9-5-3-2-4-8(9)10/h2-5,7,11-12H,6,10H2,1H3/t7-/m1/s1. The minimum atomic E-state index is -3.64. The summed E-state index contributed by atoms with van der Waals surface area (Å²) in [6.07, 6.45) is 0. The van der Waals surface area contributed by atoms with E-state index in [1.807, 2.05) is 0 Å². The topological polar surface area (TPSA) is 92.4 Å². The van der Waals surface area contributed by atoms with Gasteiger partial charge in [-0.1, -0.05) is 12.1 Å². The van der Waals surface area contributed by atoms with Crippen LogP contribution < -0.4 is 10.5 Å². The molecule has 4 N–H and O–H groups in total. The molecule has 84 valence electrons. The number of anilines is 1. The monoisotopic (exact) mass is 230 g/mol. The zero-order valence-electron chi connectivity index (χ0n) is 8.34. The number of benzene rings is 1. The Morgan fingerprint density at radius 2 is 2.07 bits per heavy atom. The van der Waals surface area contributed by atoms with Crippen molar-refractivity contribution in [3.63, 3.8) is 0 Å². The Kier molecular flexibility index (Phi) is 3.67. The van der Waals surface area contributed by atoms with Gasteiger partial charge in [-0.15, -0.1) is 0 Å². The minimum absolute atomic E-state index is 0.0327. The maximum Gasteiger partial charge on any atom is 0.242 e. The number of nitrogen functional groups attached to an aromatic ring is 1. The van der Waals surface area contributed by atoms with Crippen LogP contribution in [-0.4, -0.2) is 26.2 Å². The minimum Gasteiger partial charge on any atom is -0.398 e. The highest BCUT2D eigenvalue weighted by Gasteiger charge is 2.18. The highest BCUT2D eigenvalue weighted by Crippen LogP contribution is 2.16. The van der Waals surface area contributed by atoms with Crippen molar-refractivity contribution in [1.29, 1.82) is 0 Å². The van der Waals surface area contributed by atoms with Crippen LogP contribution in [-0.2, 0) is 10.0 Å². The van der Waals surface area contributed by atoms with Gasteiger partial charge < -0.3 is 10.8 Å². The summed E-state index contributed by atoms with van der Waals surface area (Å²) in [6, 6.07) is 5.65. The number of hydrogen-bond donors (Lipinski definition) is 3. The molecule has 5 nitrogen and oxygen atoms in total. The summed E-state index contributed by atoms with van der Waals surface area (Å²) in [5.74, 6) is 0. The normalized spacial score (nSPS) is 13.7. The zero-order chi connectivity index (χ0) is 11.5. The van der Waals surface area contributed by atoms with Crippen molar-refractivity contribution in [2.24, 2.45) is 0 Å². The van der Waals surface area contributed by atoms with Gasteiger partial charge in [0.2, 0.25) is 10.0 Å². The Labute approximate surface area is 89.0 Å². The van der Waals surface area contributed by atoms with Crippen LogP contribution in [0.15, 0.2) is 29.2 Å². The van der Waals surface area contributed by atoms with Crippen LogP contribution in [0.3, 0.4) is 0 Å². The first-order valence-corrected chi connectivity index (χ1v) is 5.93. The predicted octanol–water partition coefficient (Wildman–Crippen LogP) is -0.0721. The van der Waals surface area contributed by atoms with Gasteiger partial charge in [0.05, 0.1) is 12.3 Å². The maximum absolute atomic E-state index is 11.7. The molecule has 1 aromatic rings. The SMILES string of the molecule is C[C@H](CO)NS(=O)(=O)c1ccccc1N. The van der Waals surface area contributed by atoms with E-state index in [4.69, 9.17) is 10.8 Å². The Morgan fingerprint density at radius 1 is 1.47 bits per heavy atom. The van der Waals surface area contributed by atoms with Gasteiger partial charge >= 0.3 is 0 Å². The molecular formula is C9H14N2O3S. The molecule has 1 rings (SSSR count). The number of hydrogen-bond acceptors (Lipinski definition) is 4. The lowest BCUT2D eigenvalue weighted by molar-refractivity contribution is 0.265. The lowest BCUT2D eigenvalue weighted by Gasteiger charge is -2.12. The molecule has 0 saturated carbocycles. The van der Waals surface area contributed by atoms with Gasteiger partial charge in [-0.25, -0.2) is 13.1 Å². The molecule has 0 aliphatic rings. The van der Waals surface area contributed by atoms with Gasteiger partial charge in [0.1, 0.15) is 4.90 Å². The molecule has 0 radical (unpaired) electrons. The molecule has 0 fully saturated rings. The summed E-state index contributed by atoms with van der Waals surface area (Å²) in [4.78, 5) is 0.0327. The van der Waals surface area contributed by atoms with Crippen molar-refractivity contribution < 1.29 is 13.5 Å². The first-order valence-electron chi connectivity index (χ1n) is 4.45. The average molecular weight is 230 g/mol. The summed E-state index contributed by atoms with van der Waals surface area (Å²) in [6.45, 7) is 1.31. The molecular weight excluding hydrogens is 216 g/mol. The van der Waals surface area contributed by atoms with Crippen LogP contribution in [0.5, 0.6) is 0 Å². The van der Waals surface area contributed by atoms with E-state index in [1.165, 1.54) is 12.1 Å². The summed E-state index contributed by atoms with van der Waals surface area (Å²) in [5, 5.41) is 8.76. The average Bonchev–Trinajstić information content (AvgIpc) is 2.17. The molecule has 1 aromatic carbocycles. The van der Waals surface area contributed by atoms with E-state index in [1.54, 1.807) is 19.1 Å². The van der Waals surface area contributed by atoms with Crippen LogP contribution in [0, 0.1) is 0 Å². The summed E-state index contributed by atoms with van der Waals surface area (Å²) in [5.41, 5.74) is 5.73. The number of nitrogens with one attached hydrogen (secondary N) is 1. The molecule has 0 amide bonds. The third-order valence-electron chi connectivity index (χ3n) is 1.84. The number of para-hydroxylation sites is 1. The third-order valence-corrected chi connectivity index (χ3v) is 3.50. The Bertz CT molecular complexity index is 431. The molecule has 0 aromatic heterocycles. The van der Waals surface area contributed by atoms with Crippen molar-refractivity contribution >= 4 is 15.7 Å². The molecule has 1 atom stereocenters. The van der Waals surface area contributed by atoms with Gasteiger partial charge in [-0.05, 0) is 19.1 Å². The van der Waals surface area contributed by atoms with Crippen LogP contribution in [0.2, 0.25) is 0 Å². The van der Waals surface area contributed by atoms with Gasteiger partial charge in [0, 0.05) is 6.04 Å². The van der Waals surface area contributed by atoms with E-state index in [-0.39, 0.29) is 17.2 Å². The third kappa shape index (κ3) is 2.92. The van der Waals surface area contributed by atoms with E-state index < -0.39 is 16.1 Å². The molecule has 0 heterocycles. The van der Waals surface area contributed by atoms with Crippen molar-refractivity contribution in [1.82, 2.24) is 4.72 Å². The number of sulfonamides is 1. The zero-order valence-corrected chi connectivity index (χ0v) is 9.16. The maximum atomic E-state index is 11.7.